The standard InChI is InChI=1S/C15H30N4O/c1-18-8-9-19(2)13(12-18)11-17-14(20)10-15(16)6-4-3-5-7-15/h13H,3-12,16H2,1-2H3,(H,17,20). The molecule has 2 aliphatic rings. The lowest BCUT2D eigenvalue weighted by Gasteiger charge is -2.38. The Kier molecular flexibility index (Phi) is 5.41. The van der Waals surface area contributed by atoms with Gasteiger partial charge in [-0.1, -0.05) is 19.3 Å². The van der Waals surface area contributed by atoms with Gasteiger partial charge in [0.2, 0.25) is 5.91 Å². The van der Waals surface area contributed by atoms with Gasteiger partial charge in [0.1, 0.15) is 0 Å². The van der Waals surface area contributed by atoms with E-state index in [1.54, 1.807) is 0 Å². The molecule has 0 aromatic heterocycles. The Morgan fingerprint density at radius 3 is 2.65 bits per heavy atom. The molecule has 5 heteroatoms. The first kappa shape index (κ1) is 15.7. The lowest BCUT2D eigenvalue weighted by atomic mass is 9.80. The largest absolute Gasteiger partial charge is 0.354 e. The molecule has 0 aromatic rings. The molecular formula is C15H30N4O. The van der Waals surface area contributed by atoms with Crippen molar-refractivity contribution in [3.8, 4) is 0 Å². The van der Waals surface area contributed by atoms with Gasteiger partial charge < -0.3 is 16.0 Å². The van der Waals surface area contributed by atoms with Gasteiger partial charge in [0.25, 0.3) is 0 Å². The number of nitrogens with one attached hydrogen (secondary N) is 1. The molecule has 20 heavy (non-hydrogen) atoms. The van der Waals surface area contributed by atoms with Gasteiger partial charge in [-0.25, -0.2) is 0 Å². The lowest BCUT2D eigenvalue weighted by molar-refractivity contribution is -0.122. The summed E-state index contributed by atoms with van der Waals surface area (Å²) in [6.45, 7) is 3.92. The summed E-state index contributed by atoms with van der Waals surface area (Å²) in [4.78, 5) is 16.8. The molecule has 1 unspecified atom stereocenters. The van der Waals surface area contributed by atoms with E-state index in [4.69, 9.17) is 5.73 Å². The van der Waals surface area contributed by atoms with Crippen molar-refractivity contribution in [2.24, 2.45) is 5.73 Å². The third-order valence-corrected chi connectivity index (χ3v) is 4.88. The maximum absolute atomic E-state index is 12.1. The van der Waals surface area contributed by atoms with Crippen LogP contribution in [-0.4, -0.2) is 67.6 Å². The van der Waals surface area contributed by atoms with Crippen molar-refractivity contribution in [1.82, 2.24) is 15.1 Å². The highest BCUT2D eigenvalue weighted by atomic mass is 16.1. The minimum absolute atomic E-state index is 0.121. The molecule has 1 aliphatic carbocycles. The van der Waals surface area contributed by atoms with E-state index < -0.39 is 0 Å². The SMILES string of the molecule is CN1CCN(C)C(CNC(=O)CC2(N)CCCCC2)C1. The fraction of sp³-hybridized carbons (Fsp3) is 0.933. The molecule has 1 saturated heterocycles. The number of rotatable bonds is 4. The van der Waals surface area contributed by atoms with Crippen LogP contribution in [0.4, 0.5) is 0 Å². The number of piperazine rings is 1. The van der Waals surface area contributed by atoms with Crippen LogP contribution in [-0.2, 0) is 4.79 Å². The molecule has 1 saturated carbocycles. The monoisotopic (exact) mass is 282 g/mol. The molecular weight excluding hydrogens is 252 g/mol. The first-order valence-corrected chi connectivity index (χ1v) is 7.93. The van der Waals surface area contributed by atoms with Gasteiger partial charge in [0.15, 0.2) is 0 Å². The van der Waals surface area contributed by atoms with Gasteiger partial charge in [-0.3, -0.25) is 9.69 Å². The first-order valence-electron chi connectivity index (χ1n) is 7.93. The van der Waals surface area contributed by atoms with Crippen molar-refractivity contribution >= 4 is 5.91 Å². The van der Waals surface area contributed by atoms with Crippen LogP contribution in [0.25, 0.3) is 0 Å². The average molecular weight is 282 g/mol. The van der Waals surface area contributed by atoms with Crippen molar-refractivity contribution in [3.05, 3.63) is 0 Å². The molecule has 0 radical (unpaired) electrons. The molecule has 1 heterocycles. The van der Waals surface area contributed by atoms with Crippen LogP contribution in [0.1, 0.15) is 38.5 Å². The van der Waals surface area contributed by atoms with Gasteiger partial charge in [-0.05, 0) is 26.9 Å². The fourth-order valence-corrected chi connectivity index (χ4v) is 3.37. The van der Waals surface area contributed by atoms with Crippen LogP contribution in [0.5, 0.6) is 0 Å². The maximum Gasteiger partial charge on any atom is 0.221 e. The van der Waals surface area contributed by atoms with Crippen LogP contribution in [0.2, 0.25) is 0 Å². The van der Waals surface area contributed by atoms with Crippen molar-refractivity contribution < 1.29 is 4.79 Å². The summed E-state index contributed by atoms with van der Waals surface area (Å²) in [7, 11) is 4.27. The summed E-state index contributed by atoms with van der Waals surface area (Å²) in [5, 5.41) is 3.09. The topological polar surface area (TPSA) is 61.6 Å². The summed E-state index contributed by atoms with van der Waals surface area (Å²) >= 11 is 0. The fourth-order valence-electron chi connectivity index (χ4n) is 3.37. The number of carbonyl (C=O) groups excluding carboxylic acids is 1. The van der Waals surface area contributed by atoms with Gasteiger partial charge in [-0.15, -0.1) is 0 Å². The van der Waals surface area contributed by atoms with Crippen molar-refractivity contribution in [1.29, 1.82) is 0 Å². The van der Waals surface area contributed by atoms with E-state index in [1.807, 2.05) is 0 Å². The molecule has 3 N–H and O–H groups in total. The van der Waals surface area contributed by atoms with Gasteiger partial charge >= 0.3 is 0 Å². The number of nitrogens with two attached hydrogens (primary N) is 1. The minimum Gasteiger partial charge on any atom is -0.354 e. The van der Waals surface area contributed by atoms with E-state index in [0.717, 1.165) is 39.0 Å². The second-order valence-electron chi connectivity index (χ2n) is 6.80. The number of nitrogens with zero attached hydrogens (tertiary/aromatic N) is 2. The molecule has 0 spiro atoms. The summed E-state index contributed by atoms with van der Waals surface area (Å²) in [5.74, 6) is 0.121. The third-order valence-electron chi connectivity index (χ3n) is 4.88. The highest BCUT2D eigenvalue weighted by molar-refractivity contribution is 5.77. The lowest BCUT2D eigenvalue weighted by Crippen LogP contribution is -2.55. The maximum atomic E-state index is 12.1. The molecule has 1 amide bonds. The predicted molar refractivity (Wildman–Crippen MR) is 81.5 cm³/mol. The Labute approximate surface area is 122 Å². The number of amides is 1. The highest BCUT2D eigenvalue weighted by Gasteiger charge is 2.30. The van der Waals surface area contributed by atoms with Crippen molar-refractivity contribution in [3.63, 3.8) is 0 Å². The molecule has 0 bridgehead atoms. The molecule has 5 nitrogen and oxygen atoms in total. The van der Waals surface area contributed by atoms with E-state index in [1.165, 1.54) is 19.3 Å². The summed E-state index contributed by atoms with van der Waals surface area (Å²) < 4.78 is 0. The Bertz CT molecular complexity index is 328. The molecule has 0 aromatic carbocycles. The van der Waals surface area contributed by atoms with Crippen LogP contribution < -0.4 is 11.1 Å². The Morgan fingerprint density at radius 1 is 1.25 bits per heavy atom. The van der Waals surface area contributed by atoms with Gasteiger partial charge in [0.05, 0.1) is 0 Å². The van der Waals surface area contributed by atoms with Gasteiger partial charge in [0, 0.05) is 44.2 Å². The van der Waals surface area contributed by atoms with E-state index in [2.05, 4.69) is 29.2 Å². The van der Waals surface area contributed by atoms with Crippen molar-refractivity contribution in [2.45, 2.75) is 50.1 Å². The number of carbonyl (C=O) groups is 1. The average Bonchev–Trinajstić information content (AvgIpc) is 2.40. The van der Waals surface area contributed by atoms with E-state index >= 15 is 0 Å². The van der Waals surface area contributed by atoms with E-state index in [-0.39, 0.29) is 11.4 Å². The van der Waals surface area contributed by atoms with Crippen LogP contribution in [0, 0.1) is 0 Å². The number of likely N-dealkylation sites (N-methyl/N-ethyl adjacent to an activating group) is 2. The second-order valence-corrected chi connectivity index (χ2v) is 6.80. The normalized spacial score (nSPS) is 28.2. The Morgan fingerprint density at radius 2 is 1.95 bits per heavy atom. The summed E-state index contributed by atoms with van der Waals surface area (Å²) in [6.07, 6.45) is 6.07. The predicted octanol–water partition coefficient (Wildman–Crippen LogP) is 0.400. The molecule has 1 aliphatic heterocycles. The van der Waals surface area contributed by atoms with Crippen LogP contribution in [0.3, 0.4) is 0 Å². The quantitative estimate of drug-likeness (QED) is 0.783. The first-order chi connectivity index (χ1) is 9.48. The van der Waals surface area contributed by atoms with Gasteiger partial charge in [-0.2, -0.15) is 0 Å². The number of hydrogen-bond acceptors (Lipinski definition) is 4. The summed E-state index contributed by atoms with van der Waals surface area (Å²) in [5.41, 5.74) is 6.09. The highest BCUT2D eigenvalue weighted by Crippen LogP contribution is 2.28. The van der Waals surface area contributed by atoms with Crippen LogP contribution >= 0.6 is 0 Å². The molecule has 2 rings (SSSR count). The Balaban J connectivity index is 1.74. The Hall–Kier alpha value is -0.650. The van der Waals surface area contributed by atoms with Crippen LogP contribution in [0.15, 0.2) is 0 Å². The second kappa shape index (κ2) is 6.87. The minimum atomic E-state index is -0.252. The zero-order chi connectivity index (χ0) is 14.6. The summed E-state index contributed by atoms with van der Waals surface area (Å²) in [6, 6.07) is 0.415. The zero-order valence-corrected chi connectivity index (χ0v) is 13.0. The zero-order valence-electron chi connectivity index (χ0n) is 13.0. The third kappa shape index (κ3) is 4.43. The van der Waals surface area contributed by atoms with E-state index in [9.17, 15) is 4.79 Å². The van der Waals surface area contributed by atoms with Crippen molar-refractivity contribution in [2.75, 3.05) is 40.3 Å². The molecule has 116 valence electrons. The molecule has 1 atom stereocenters. The smallest absolute Gasteiger partial charge is 0.221 e. The van der Waals surface area contributed by atoms with E-state index in [0.29, 0.717) is 12.5 Å². The number of hydrogen-bond donors (Lipinski definition) is 2. The molecule has 2 fully saturated rings.